The predicted octanol–water partition coefficient (Wildman–Crippen LogP) is 4.42. The minimum absolute atomic E-state index is 0.342. The Balaban J connectivity index is 1.75. The molecule has 0 saturated carbocycles. The molecular formula is C22H18N6OS. The minimum atomic E-state index is 0.342. The van der Waals surface area contributed by atoms with E-state index in [2.05, 4.69) is 21.8 Å². The van der Waals surface area contributed by atoms with Crippen LogP contribution in [0.15, 0.2) is 60.8 Å². The Morgan fingerprint density at radius 2 is 1.93 bits per heavy atom. The van der Waals surface area contributed by atoms with E-state index in [0.29, 0.717) is 28.1 Å². The van der Waals surface area contributed by atoms with Crippen LogP contribution in [0.2, 0.25) is 0 Å². The van der Waals surface area contributed by atoms with Gasteiger partial charge in [0.2, 0.25) is 0 Å². The van der Waals surface area contributed by atoms with Crippen LogP contribution in [-0.2, 0) is 0 Å². The zero-order valence-corrected chi connectivity index (χ0v) is 17.2. The molecule has 7 nitrogen and oxygen atoms in total. The first-order chi connectivity index (χ1) is 14.6. The summed E-state index contributed by atoms with van der Waals surface area (Å²) in [5.74, 6) is 1.66. The van der Waals surface area contributed by atoms with Crippen LogP contribution in [0.3, 0.4) is 0 Å². The van der Waals surface area contributed by atoms with Gasteiger partial charge in [0, 0.05) is 11.1 Å². The van der Waals surface area contributed by atoms with Crippen LogP contribution in [0, 0.1) is 18.3 Å². The second-order valence-electron chi connectivity index (χ2n) is 6.53. The highest BCUT2D eigenvalue weighted by molar-refractivity contribution is 7.80. The van der Waals surface area contributed by atoms with Crippen LogP contribution in [0.25, 0.3) is 16.7 Å². The van der Waals surface area contributed by atoms with Crippen molar-refractivity contribution in [1.29, 1.82) is 5.26 Å². The fraction of sp³-hybridized carbons (Fsp3) is 0.0909. The Hall–Kier alpha value is -3.96. The summed E-state index contributed by atoms with van der Waals surface area (Å²) in [6.07, 6.45) is 1.48. The van der Waals surface area contributed by atoms with Gasteiger partial charge in [-0.2, -0.15) is 15.0 Å². The number of nitrogens with one attached hydrogen (secondary N) is 2. The summed E-state index contributed by atoms with van der Waals surface area (Å²) < 4.78 is 7.04. The van der Waals surface area contributed by atoms with Crippen LogP contribution in [0.1, 0.15) is 11.1 Å². The first-order valence-electron chi connectivity index (χ1n) is 9.16. The van der Waals surface area contributed by atoms with Gasteiger partial charge in [-0.1, -0.05) is 30.3 Å². The molecule has 2 N–H and O–H groups in total. The largest absolute Gasteiger partial charge is 0.494 e. The molecule has 4 aromatic rings. The van der Waals surface area contributed by atoms with Gasteiger partial charge in [-0.25, -0.2) is 4.98 Å². The number of nitriles is 1. The summed E-state index contributed by atoms with van der Waals surface area (Å²) in [5.41, 5.74) is 2.93. The quantitative estimate of drug-likeness (QED) is 0.478. The highest BCUT2D eigenvalue weighted by Crippen LogP contribution is 2.29. The number of anilines is 2. The molecule has 0 amide bonds. The maximum absolute atomic E-state index is 9.54. The molecule has 0 aliphatic rings. The van der Waals surface area contributed by atoms with Gasteiger partial charge in [-0.05, 0) is 49.0 Å². The number of pyridine rings is 1. The smallest absolute Gasteiger partial charge is 0.176 e. The molecule has 30 heavy (non-hydrogen) atoms. The van der Waals surface area contributed by atoms with Crippen molar-refractivity contribution in [1.82, 2.24) is 14.8 Å². The third kappa shape index (κ3) is 3.66. The van der Waals surface area contributed by atoms with Gasteiger partial charge in [0.1, 0.15) is 22.9 Å². The topological polar surface area (TPSA) is 87.8 Å². The number of hydrogen-bond acceptors (Lipinski definition) is 5. The summed E-state index contributed by atoms with van der Waals surface area (Å²) in [5, 5.41) is 21.4. The molecule has 0 radical (unpaired) electrons. The lowest BCUT2D eigenvalue weighted by Gasteiger charge is -2.14. The number of hydrogen-bond donors (Lipinski definition) is 2. The maximum Gasteiger partial charge on any atom is 0.176 e. The standard InChI is InChI=1S/C22H18N6OS/c1-14-11-19(26-20-17(14)9-6-10-18(20)29-2)28-21(15(12-23)13-24-28)27-22(30)25-16-7-4-3-5-8-16/h3-11,13H,1-2H3,(H2,25,27,30). The van der Waals surface area contributed by atoms with Crippen LogP contribution in [-0.4, -0.2) is 27.0 Å². The number of para-hydroxylation sites is 2. The van der Waals surface area contributed by atoms with Crippen LogP contribution in [0.4, 0.5) is 11.5 Å². The molecular weight excluding hydrogens is 396 g/mol. The van der Waals surface area contributed by atoms with Crippen LogP contribution in [0.5, 0.6) is 5.75 Å². The molecule has 0 spiro atoms. The number of benzene rings is 2. The molecule has 0 bridgehead atoms. The Labute approximate surface area is 178 Å². The Kier molecular flexibility index (Phi) is 5.28. The van der Waals surface area contributed by atoms with Crippen molar-refractivity contribution >= 4 is 39.7 Å². The Bertz CT molecular complexity index is 1280. The molecule has 2 heterocycles. The number of methoxy groups -OCH3 is 1. The maximum atomic E-state index is 9.54. The van der Waals surface area contributed by atoms with Crippen molar-refractivity contribution in [3.63, 3.8) is 0 Å². The summed E-state index contributed by atoms with van der Waals surface area (Å²) >= 11 is 5.43. The average Bonchev–Trinajstić information content (AvgIpc) is 3.16. The minimum Gasteiger partial charge on any atom is -0.494 e. The van der Waals surface area contributed by atoms with Gasteiger partial charge in [-0.3, -0.25) is 0 Å². The fourth-order valence-electron chi connectivity index (χ4n) is 3.16. The van der Waals surface area contributed by atoms with Crippen molar-refractivity contribution in [3.8, 4) is 17.6 Å². The third-order valence-electron chi connectivity index (χ3n) is 4.59. The van der Waals surface area contributed by atoms with Crippen molar-refractivity contribution in [2.75, 3.05) is 17.7 Å². The molecule has 0 saturated heterocycles. The third-order valence-corrected chi connectivity index (χ3v) is 4.79. The van der Waals surface area contributed by atoms with Gasteiger partial charge >= 0.3 is 0 Å². The second kappa shape index (κ2) is 8.19. The molecule has 0 unspecified atom stereocenters. The van der Waals surface area contributed by atoms with E-state index < -0.39 is 0 Å². The van der Waals surface area contributed by atoms with E-state index in [0.717, 1.165) is 22.2 Å². The van der Waals surface area contributed by atoms with E-state index >= 15 is 0 Å². The van der Waals surface area contributed by atoms with Gasteiger partial charge in [-0.15, -0.1) is 0 Å². The zero-order chi connectivity index (χ0) is 21.1. The van der Waals surface area contributed by atoms with Crippen molar-refractivity contribution < 1.29 is 4.74 Å². The number of fused-ring (bicyclic) bond motifs is 1. The highest BCUT2D eigenvalue weighted by Gasteiger charge is 2.17. The summed E-state index contributed by atoms with van der Waals surface area (Å²) in [6.45, 7) is 2.00. The molecule has 0 atom stereocenters. The molecule has 0 aliphatic carbocycles. The van der Waals surface area contributed by atoms with Crippen molar-refractivity contribution in [3.05, 3.63) is 71.9 Å². The second-order valence-corrected chi connectivity index (χ2v) is 6.94. The van der Waals surface area contributed by atoms with Crippen molar-refractivity contribution in [2.24, 2.45) is 0 Å². The first kappa shape index (κ1) is 19.4. The average molecular weight is 414 g/mol. The SMILES string of the molecule is COc1cccc2c(C)cc(-n3ncc(C#N)c3NC(=S)Nc3ccccc3)nc12. The first-order valence-corrected chi connectivity index (χ1v) is 9.57. The molecule has 4 rings (SSSR count). The highest BCUT2D eigenvalue weighted by atomic mass is 32.1. The molecule has 8 heteroatoms. The van der Waals surface area contributed by atoms with Crippen LogP contribution < -0.4 is 15.4 Å². The van der Waals surface area contributed by atoms with E-state index in [9.17, 15) is 5.26 Å². The lowest BCUT2D eigenvalue weighted by atomic mass is 10.1. The van der Waals surface area contributed by atoms with Gasteiger partial charge in [0.05, 0.1) is 13.3 Å². The molecule has 148 valence electrons. The molecule has 2 aromatic carbocycles. The lowest BCUT2D eigenvalue weighted by Crippen LogP contribution is -2.21. The monoisotopic (exact) mass is 414 g/mol. The number of aromatic nitrogens is 3. The zero-order valence-electron chi connectivity index (χ0n) is 16.4. The lowest BCUT2D eigenvalue weighted by molar-refractivity contribution is 0.419. The van der Waals surface area contributed by atoms with Gasteiger partial charge in [0.15, 0.2) is 16.7 Å². The van der Waals surface area contributed by atoms with E-state index in [1.807, 2.05) is 61.5 Å². The van der Waals surface area contributed by atoms with Gasteiger partial charge in [0.25, 0.3) is 0 Å². The normalized spacial score (nSPS) is 10.4. The fourth-order valence-corrected chi connectivity index (χ4v) is 3.38. The number of aryl methyl sites for hydroxylation is 1. The van der Waals surface area contributed by atoms with E-state index in [-0.39, 0.29) is 0 Å². The Morgan fingerprint density at radius 3 is 2.67 bits per heavy atom. The number of nitrogens with zero attached hydrogens (tertiary/aromatic N) is 4. The van der Waals surface area contributed by atoms with Crippen LogP contribution >= 0.6 is 12.2 Å². The number of thiocarbonyl (C=S) groups is 1. The van der Waals surface area contributed by atoms with E-state index in [1.165, 1.54) is 6.20 Å². The molecule has 0 fully saturated rings. The number of ether oxygens (including phenoxy) is 1. The van der Waals surface area contributed by atoms with Gasteiger partial charge < -0.3 is 15.4 Å². The summed E-state index contributed by atoms with van der Waals surface area (Å²) in [4.78, 5) is 4.74. The van der Waals surface area contributed by atoms with E-state index in [4.69, 9.17) is 21.9 Å². The summed E-state index contributed by atoms with van der Waals surface area (Å²) in [7, 11) is 1.61. The predicted molar refractivity (Wildman–Crippen MR) is 121 cm³/mol. The van der Waals surface area contributed by atoms with E-state index in [1.54, 1.807) is 11.8 Å². The molecule has 2 aromatic heterocycles. The molecule has 0 aliphatic heterocycles. The van der Waals surface area contributed by atoms with Crippen molar-refractivity contribution in [2.45, 2.75) is 6.92 Å². The summed E-state index contributed by atoms with van der Waals surface area (Å²) in [6, 6.07) is 19.4. The Morgan fingerprint density at radius 1 is 1.13 bits per heavy atom. The number of rotatable bonds is 4.